The van der Waals surface area contributed by atoms with Gasteiger partial charge in [-0.3, -0.25) is 9.36 Å². The topological polar surface area (TPSA) is 124 Å². The molecule has 0 radical (unpaired) electrons. The van der Waals surface area contributed by atoms with Crippen molar-refractivity contribution in [2.75, 3.05) is 13.7 Å². The first-order valence-electron chi connectivity index (χ1n) is 8.73. The van der Waals surface area contributed by atoms with Crippen molar-refractivity contribution in [2.45, 2.75) is 12.8 Å². The third kappa shape index (κ3) is 3.40. The van der Waals surface area contributed by atoms with Crippen LogP contribution >= 0.6 is 11.3 Å². The molecule has 0 bridgehead atoms. The number of allylic oxidation sites excluding steroid dienone is 1. The van der Waals surface area contributed by atoms with Gasteiger partial charge in [-0.15, -0.1) is 11.3 Å². The van der Waals surface area contributed by atoms with Crippen molar-refractivity contribution in [2.24, 2.45) is 5.73 Å². The zero-order chi connectivity index (χ0) is 22.0. The Morgan fingerprint density at radius 1 is 1.40 bits per heavy atom. The van der Waals surface area contributed by atoms with Gasteiger partial charge in [-0.25, -0.2) is 14.0 Å². The van der Waals surface area contributed by atoms with E-state index in [1.807, 2.05) is 6.07 Å². The standard InChI is InChI=1S/C20H16FN3O5S/c1-3-29-20(27)16-15(10-6-4-5-7-12(10)21)11(9-22)17(23)24-18(26)13(30-19(16)24)8-14(25)28-2/h4-8,15H,3,23H2,1-2H3/b13-8-/t15-/m0/s1. The molecule has 1 aromatic carbocycles. The lowest BCUT2D eigenvalue weighted by atomic mass is 9.83. The van der Waals surface area contributed by atoms with E-state index in [9.17, 15) is 24.0 Å². The van der Waals surface area contributed by atoms with Gasteiger partial charge in [0, 0.05) is 11.6 Å². The Kier molecular flexibility index (Phi) is 5.84. The monoisotopic (exact) mass is 429 g/mol. The van der Waals surface area contributed by atoms with Crippen LogP contribution in [0.1, 0.15) is 18.4 Å². The van der Waals surface area contributed by atoms with Crippen LogP contribution in [0.4, 0.5) is 4.39 Å². The molecule has 0 aliphatic carbocycles. The van der Waals surface area contributed by atoms with E-state index in [-0.39, 0.29) is 38.3 Å². The van der Waals surface area contributed by atoms with Gasteiger partial charge in [0.25, 0.3) is 5.56 Å². The fraction of sp³-hybridized carbons (Fsp3) is 0.200. The summed E-state index contributed by atoms with van der Waals surface area (Å²) in [4.78, 5) is 37.3. The Balaban J connectivity index is 2.50. The molecule has 154 valence electrons. The molecule has 1 aromatic heterocycles. The summed E-state index contributed by atoms with van der Waals surface area (Å²) in [6.45, 7) is 1.61. The van der Waals surface area contributed by atoms with Crippen molar-refractivity contribution >= 4 is 40.7 Å². The van der Waals surface area contributed by atoms with Gasteiger partial charge < -0.3 is 15.2 Å². The molecule has 2 heterocycles. The fourth-order valence-corrected chi connectivity index (χ4v) is 4.27. The number of aromatic nitrogens is 1. The van der Waals surface area contributed by atoms with Gasteiger partial charge in [0.15, 0.2) is 0 Å². The van der Waals surface area contributed by atoms with Crippen LogP contribution in [0.5, 0.6) is 0 Å². The van der Waals surface area contributed by atoms with Gasteiger partial charge in [0.05, 0.1) is 36.9 Å². The van der Waals surface area contributed by atoms with E-state index in [0.717, 1.165) is 29.1 Å². The molecule has 0 spiro atoms. The number of methoxy groups -OCH3 is 1. The molecule has 8 nitrogen and oxygen atoms in total. The number of nitrogens with zero attached hydrogens (tertiary/aromatic N) is 2. The van der Waals surface area contributed by atoms with E-state index >= 15 is 0 Å². The summed E-state index contributed by atoms with van der Waals surface area (Å²) in [6, 6.07) is 7.52. The molecule has 0 amide bonds. The molecule has 1 aliphatic rings. The molecule has 2 aromatic rings. The van der Waals surface area contributed by atoms with Crippen LogP contribution in [0.15, 0.2) is 34.6 Å². The zero-order valence-electron chi connectivity index (χ0n) is 16.0. The van der Waals surface area contributed by atoms with Crippen LogP contribution in [0.25, 0.3) is 17.5 Å². The lowest BCUT2D eigenvalue weighted by Crippen LogP contribution is -2.40. The molecule has 3 rings (SSSR count). The number of benzene rings is 1. The van der Waals surface area contributed by atoms with E-state index in [1.54, 1.807) is 13.0 Å². The predicted molar refractivity (Wildman–Crippen MR) is 107 cm³/mol. The van der Waals surface area contributed by atoms with E-state index in [0.29, 0.717) is 0 Å². The van der Waals surface area contributed by atoms with Crippen molar-refractivity contribution in [3.05, 3.63) is 60.8 Å². The van der Waals surface area contributed by atoms with Crippen LogP contribution in [0.2, 0.25) is 0 Å². The number of carbonyl (C=O) groups is 2. The minimum absolute atomic E-state index is 0.0180. The number of carbonyl (C=O) groups excluding carboxylic acids is 2. The quantitative estimate of drug-likeness (QED) is 0.687. The number of ether oxygens (including phenoxy) is 2. The number of fused-ring (bicyclic) bond motifs is 1. The maximum Gasteiger partial charge on any atom is 0.338 e. The van der Waals surface area contributed by atoms with Crippen molar-refractivity contribution in [1.82, 2.24) is 4.57 Å². The first-order chi connectivity index (χ1) is 14.3. The Morgan fingerprint density at radius 2 is 2.10 bits per heavy atom. The SMILES string of the molecule is CCOC(=O)C1=c2s/c(=C\C(=O)OC)c(=O)n2C(N)=C(C#N)[C@@H]1c1ccccc1F. The molecule has 0 fully saturated rings. The normalized spacial score (nSPS) is 16.1. The lowest BCUT2D eigenvalue weighted by Gasteiger charge is -2.24. The second kappa shape index (κ2) is 8.34. The molecule has 2 N–H and O–H groups in total. The summed E-state index contributed by atoms with van der Waals surface area (Å²) >= 11 is 0.799. The summed E-state index contributed by atoms with van der Waals surface area (Å²) < 4.78 is 25.3. The molecule has 1 aliphatic heterocycles. The number of hydrogen-bond donors (Lipinski definition) is 1. The lowest BCUT2D eigenvalue weighted by molar-refractivity contribution is -0.136. The molecular formula is C20H16FN3O5S. The summed E-state index contributed by atoms with van der Waals surface area (Å²) in [6.07, 6.45) is 0.957. The average molecular weight is 429 g/mol. The van der Waals surface area contributed by atoms with Crippen LogP contribution in [-0.4, -0.2) is 30.2 Å². The third-order valence-electron chi connectivity index (χ3n) is 4.43. The third-order valence-corrected chi connectivity index (χ3v) is 5.54. The molecule has 30 heavy (non-hydrogen) atoms. The Morgan fingerprint density at radius 3 is 2.70 bits per heavy atom. The number of nitriles is 1. The number of nitrogens with two attached hydrogens (primary N) is 1. The van der Waals surface area contributed by atoms with E-state index in [4.69, 9.17) is 10.5 Å². The second-order valence-electron chi connectivity index (χ2n) is 6.08. The van der Waals surface area contributed by atoms with Gasteiger partial charge in [0.1, 0.15) is 20.8 Å². The number of hydrogen-bond acceptors (Lipinski definition) is 8. The molecule has 0 saturated carbocycles. The minimum atomic E-state index is -1.18. The Bertz CT molecular complexity index is 1300. The molecule has 10 heteroatoms. The molecular weight excluding hydrogens is 413 g/mol. The van der Waals surface area contributed by atoms with Crippen molar-refractivity contribution < 1.29 is 23.5 Å². The van der Waals surface area contributed by atoms with Crippen molar-refractivity contribution in [1.29, 1.82) is 5.26 Å². The highest BCUT2D eigenvalue weighted by Crippen LogP contribution is 2.37. The first kappa shape index (κ1) is 21.0. The average Bonchev–Trinajstić information content (AvgIpc) is 3.04. The second-order valence-corrected chi connectivity index (χ2v) is 7.11. The van der Waals surface area contributed by atoms with E-state index < -0.39 is 29.2 Å². The summed E-state index contributed by atoms with van der Waals surface area (Å²) in [7, 11) is 1.15. The Hall–Kier alpha value is -3.71. The summed E-state index contributed by atoms with van der Waals surface area (Å²) in [5.74, 6) is -3.69. The van der Waals surface area contributed by atoms with Crippen molar-refractivity contribution in [3.63, 3.8) is 0 Å². The number of halogens is 1. The highest BCUT2D eigenvalue weighted by Gasteiger charge is 2.37. The number of esters is 2. The molecule has 0 unspecified atom stereocenters. The fourth-order valence-electron chi connectivity index (χ4n) is 3.14. The number of rotatable bonds is 4. The predicted octanol–water partition coefficient (Wildman–Crippen LogP) is 0.164. The molecule has 1 atom stereocenters. The van der Waals surface area contributed by atoms with E-state index in [2.05, 4.69) is 4.74 Å². The summed E-state index contributed by atoms with van der Waals surface area (Å²) in [5.41, 5.74) is 5.13. The first-order valence-corrected chi connectivity index (χ1v) is 9.54. The van der Waals surface area contributed by atoms with E-state index in [1.165, 1.54) is 18.2 Å². The summed E-state index contributed by atoms with van der Waals surface area (Å²) in [5, 5.41) is 9.75. The maximum absolute atomic E-state index is 14.6. The smallest absolute Gasteiger partial charge is 0.338 e. The zero-order valence-corrected chi connectivity index (χ0v) is 16.8. The van der Waals surface area contributed by atoms with Gasteiger partial charge in [-0.1, -0.05) is 18.2 Å². The van der Waals surface area contributed by atoms with Crippen LogP contribution in [0, 0.1) is 17.1 Å². The van der Waals surface area contributed by atoms with Crippen LogP contribution < -0.4 is 20.5 Å². The van der Waals surface area contributed by atoms with Crippen molar-refractivity contribution in [3.8, 4) is 6.07 Å². The highest BCUT2D eigenvalue weighted by atomic mass is 32.1. The largest absolute Gasteiger partial charge is 0.466 e. The van der Waals surface area contributed by atoms with Gasteiger partial charge in [-0.2, -0.15) is 5.26 Å². The molecule has 0 saturated heterocycles. The van der Waals surface area contributed by atoms with Crippen LogP contribution in [0.3, 0.4) is 0 Å². The minimum Gasteiger partial charge on any atom is -0.466 e. The van der Waals surface area contributed by atoms with Gasteiger partial charge >= 0.3 is 11.9 Å². The van der Waals surface area contributed by atoms with Gasteiger partial charge in [-0.05, 0) is 13.0 Å². The Labute approximate surface area is 173 Å². The van der Waals surface area contributed by atoms with Crippen LogP contribution in [-0.2, 0) is 19.1 Å². The van der Waals surface area contributed by atoms with Gasteiger partial charge in [0.2, 0.25) is 0 Å². The highest BCUT2D eigenvalue weighted by molar-refractivity contribution is 7.07. The maximum atomic E-state index is 14.6. The number of thiazole rings is 1.